The van der Waals surface area contributed by atoms with Crippen LogP contribution < -0.4 is 0 Å². The van der Waals surface area contributed by atoms with Crippen molar-refractivity contribution in [3.8, 4) is 0 Å². The molecule has 7 atom stereocenters. The Hall–Kier alpha value is -0.970. The zero-order chi connectivity index (χ0) is 18.0. The molecule has 134 valence electrons. The van der Waals surface area contributed by atoms with Gasteiger partial charge in [0.05, 0.1) is 18.1 Å². The highest BCUT2D eigenvalue weighted by Crippen LogP contribution is 2.62. The van der Waals surface area contributed by atoms with Crippen molar-refractivity contribution in [2.75, 3.05) is 0 Å². The molecule has 0 aliphatic heterocycles. The van der Waals surface area contributed by atoms with E-state index >= 15 is 0 Å². The summed E-state index contributed by atoms with van der Waals surface area (Å²) in [7, 11) is 0. The van der Waals surface area contributed by atoms with Crippen molar-refractivity contribution in [1.29, 1.82) is 0 Å². The molecule has 24 heavy (non-hydrogen) atoms. The van der Waals surface area contributed by atoms with Gasteiger partial charge in [0.2, 0.25) is 0 Å². The van der Waals surface area contributed by atoms with Gasteiger partial charge in [0.1, 0.15) is 5.60 Å². The Bertz CT molecular complexity index is 605. The maximum Gasteiger partial charge on any atom is 0.190 e. The second-order valence-electron chi connectivity index (χ2n) is 8.90. The molecular formula is C20H30O4. The second-order valence-corrected chi connectivity index (χ2v) is 8.90. The Balaban J connectivity index is 2.04. The summed E-state index contributed by atoms with van der Waals surface area (Å²) in [4.78, 5) is 13.0. The number of allylic oxidation sites excluding steroid dienone is 1. The fourth-order valence-corrected chi connectivity index (χ4v) is 5.17. The fraction of sp³-hybridized carbons (Fsp3) is 0.750. The van der Waals surface area contributed by atoms with Crippen molar-refractivity contribution in [1.82, 2.24) is 0 Å². The van der Waals surface area contributed by atoms with Crippen LogP contribution in [0.4, 0.5) is 0 Å². The van der Waals surface area contributed by atoms with Crippen LogP contribution in [0.15, 0.2) is 23.8 Å². The molecule has 2 saturated carbocycles. The van der Waals surface area contributed by atoms with Crippen LogP contribution in [-0.2, 0) is 4.79 Å². The number of rotatable bonds is 0. The normalized spacial score (nSPS) is 50.4. The van der Waals surface area contributed by atoms with Crippen molar-refractivity contribution in [3.05, 3.63) is 23.8 Å². The fourth-order valence-electron chi connectivity index (χ4n) is 5.17. The van der Waals surface area contributed by atoms with Gasteiger partial charge < -0.3 is 15.3 Å². The molecule has 0 bridgehead atoms. The summed E-state index contributed by atoms with van der Waals surface area (Å²) in [6.07, 6.45) is 1.75. The molecule has 3 aliphatic rings. The van der Waals surface area contributed by atoms with Crippen LogP contribution in [0.25, 0.3) is 0 Å². The molecule has 2 fully saturated rings. The van der Waals surface area contributed by atoms with Crippen LogP contribution in [0.1, 0.15) is 47.0 Å². The van der Waals surface area contributed by atoms with Gasteiger partial charge in [0.25, 0.3) is 0 Å². The van der Waals surface area contributed by atoms with E-state index in [0.29, 0.717) is 29.4 Å². The quantitative estimate of drug-likeness (QED) is 0.594. The topological polar surface area (TPSA) is 77.8 Å². The summed E-state index contributed by atoms with van der Waals surface area (Å²) < 4.78 is 0. The molecule has 0 radical (unpaired) electrons. The molecular weight excluding hydrogens is 304 g/mol. The minimum atomic E-state index is -1.72. The zero-order valence-electron chi connectivity index (χ0n) is 15.1. The van der Waals surface area contributed by atoms with Crippen LogP contribution in [0.5, 0.6) is 0 Å². The van der Waals surface area contributed by atoms with Crippen LogP contribution in [0.3, 0.4) is 0 Å². The molecule has 4 heteroatoms. The number of aliphatic hydroxyl groups is 3. The Kier molecular flexibility index (Phi) is 4.10. The summed E-state index contributed by atoms with van der Waals surface area (Å²) in [6.45, 7) is 11.9. The van der Waals surface area contributed by atoms with Crippen molar-refractivity contribution in [2.45, 2.75) is 64.8 Å². The third-order valence-corrected chi connectivity index (χ3v) is 6.99. The smallest absolute Gasteiger partial charge is 0.190 e. The van der Waals surface area contributed by atoms with Gasteiger partial charge in [-0.3, -0.25) is 4.79 Å². The molecule has 0 unspecified atom stereocenters. The number of carbonyl (C=O) groups is 1. The summed E-state index contributed by atoms with van der Waals surface area (Å²) in [5.74, 6) is -0.729. The third kappa shape index (κ3) is 2.42. The molecule has 4 nitrogen and oxygen atoms in total. The minimum absolute atomic E-state index is 0.135. The predicted molar refractivity (Wildman–Crippen MR) is 92.1 cm³/mol. The van der Waals surface area contributed by atoms with E-state index in [4.69, 9.17) is 0 Å². The average Bonchev–Trinajstić information content (AvgIpc) is 2.91. The van der Waals surface area contributed by atoms with E-state index in [9.17, 15) is 20.1 Å². The maximum atomic E-state index is 13.0. The highest BCUT2D eigenvalue weighted by Gasteiger charge is 2.60. The number of Topliss-reactive ketones (excluding diaryl/α,β-unsaturated/α-hetero) is 1. The first kappa shape index (κ1) is 17.8. The highest BCUT2D eigenvalue weighted by molar-refractivity contribution is 6.02. The van der Waals surface area contributed by atoms with E-state index in [1.807, 2.05) is 13.0 Å². The van der Waals surface area contributed by atoms with Gasteiger partial charge in [-0.15, -0.1) is 0 Å². The summed E-state index contributed by atoms with van der Waals surface area (Å²) in [5, 5.41) is 32.4. The van der Waals surface area contributed by atoms with Crippen LogP contribution >= 0.6 is 0 Å². The SMILES string of the molecule is C=C1CC[C@H]2[C@@H](/C=C(\C)C(=O)[C@@]3(O)C[C@H](C)[C@H](O)[C@@H]3[C@H]1O)C2(C)C. The number of aliphatic hydroxyl groups excluding tert-OH is 2. The number of carbonyl (C=O) groups excluding carboxylic acids is 1. The van der Waals surface area contributed by atoms with Gasteiger partial charge in [0, 0.05) is 0 Å². The molecule has 3 rings (SSSR count). The van der Waals surface area contributed by atoms with Crippen molar-refractivity contribution in [2.24, 2.45) is 29.1 Å². The first-order chi connectivity index (χ1) is 11.0. The van der Waals surface area contributed by atoms with Crippen molar-refractivity contribution >= 4 is 5.78 Å². The molecule has 3 aliphatic carbocycles. The molecule has 3 N–H and O–H groups in total. The Morgan fingerprint density at radius 1 is 1.29 bits per heavy atom. The Morgan fingerprint density at radius 3 is 2.54 bits per heavy atom. The molecule has 0 heterocycles. The largest absolute Gasteiger partial charge is 0.392 e. The number of fused-ring (bicyclic) bond motifs is 2. The molecule has 0 aromatic heterocycles. The second kappa shape index (κ2) is 5.52. The number of hydrogen-bond acceptors (Lipinski definition) is 4. The monoisotopic (exact) mass is 334 g/mol. The first-order valence-electron chi connectivity index (χ1n) is 9.01. The molecule has 0 amide bonds. The van der Waals surface area contributed by atoms with Crippen LogP contribution in [0, 0.1) is 29.1 Å². The van der Waals surface area contributed by atoms with E-state index < -0.39 is 23.7 Å². The average molecular weight is 334 g/mol. The lowest BCUT2D eigenvalue weighted by atomic mass is 9.77. The molecule has 0 aromatic carbocycles. The number of ketones is 1. The van der Waals surface area contributed by atoms with Crippen LogP contribution in [0.2, 0.25) is 0 Å². The van der Waals surface area contributed by atoms with Crippen molar-refractivity contribution in [3.63, 3.8) is 0 Å². The summed E-state index contributed by atoms with van der Waals surface area (Å²) in [6, 6.07) is 0. The van der Waals surface area contributed by atoms with Crippen LogP contribution in [-0.4, -0.2) is 38.9 Å². The Labute approximate surface area is 144 Å². The molecule has 0 saturated heterocycles. The first-order valence-corrected chi connectivity index (χ1v) is 9.01. The van der Waals surface area contributed by atoms with E-state index in [2.05, 4.69) is 20.4 Å². The van der Waals surface area contributed by atoms with E-state index in [1.165, 1.54) is 0 Å². The molecule has 0 spiro atoms. The van der Waals surface area contributed by atoms with E-state index in [0.717, 1.165) is 6.42 Å². The minimum Gasteiger partial charge on any atom is -0.392 e. The Morgan fingerprint density at radius 2 is 1.92 bits per heavy atom. The van der Waals surface area contributed by atoms with Gasteiger partial charge in [-0.05, 0) is 60.5 Å². The van der Waals surface area contributed by atoms with E-state index in [-0.39, 0.29) is 23.5 Å². The standard InChI is InChI=1S/C20H30O4/c1-10-6-7-13-14(19(13,4)5)8-11(2)18(23)20(24)9-12(3)17(22)15(20)16(10)21/h8,12-17,21-22,24H,1,6-7,9H2,2-5H3/b11-8+/t12-,13-,14+,15-,16-,17-,20+/m0/s1. The highest BCUT2D eigenvalue weighted by atomic mass is 16.3. The van der Waals surface area contributed by atoms with Gasteiger partial charge in [-0.25, -0.2) is 0 Å². The summed E-state index contributed by atoms with van der Waals surface area (Å²) >= 11 is 0. The van der Waals surface area contributed by atoms with Gasteiger partial charge in [-0.1, -0.05) is 33.4 Å². The predicted octanol–water partition coefficient (Wildman–Crippen LogP) is 2.23. The number of hydrogen-bond donors (Lipinski definition) is 3. The lowest BCUT2D eigenvalue weighted by molar-refractivity contribution is -0.144. The maximum absolute atomic E-state index is 13.0. The summed E-state index contributed by atoms with van der Waals surface area (Å²) in [5.41, 5.74) is -0.429. The van der Waals surface area contributed by atoms with Gasteiger partial charge >= 0.3 is 0 Å². The zero-order valence-corrected chi connectivity index (χ0v) is 15.1. The van der Waals surface area contributed by atoms with E-state index in [1.54, 1.807) is 6.92 Å². The van der Waals surface area contributed by atoms with Gasteiger partial charge in [-0.2, -0.15) is 0 Å². The van der Waals surface area contributed by atoms with Crippen molar-refractivity contribution < 1.29 is 20.1 Å². The lowest BCUT2D eigenvalue weighted by Crippen LogP contribution is -2.50. The molecule has 0 aromatic rings. The lowest BCUT2D eigenvalue weighted by Gasteiger charge is -2.34. The third-order valence-electron chi connectivity index (χ3n) is 6.99. The van der Waals surface area contributed by atoms with Gasteiger partial charge in [0.15, 0.2) is 5.78 Å².